The van der Waals surface area contributed by atoms with Crippen molar-refractivity contribution in [2.24, 2.45) is 0 Å². The first-order valence-corrected chi connectivity index (χ1v) is 11.6. The standard InChI is InChI=1S/C25H40O5/c1-4-5-6-7-8-9-10-11-14-20-28-24(26)18-15-19-25(27)30-23-17-13-12-16-22(23)29-21(2)3/h12-13,16-17,21H,4-11,14-15,18-20H2,1-3H3. The van der Waals surface area contributed by atoms with Gasteiger partial charge in [-0.1, -0.05) is 70.4 Å². The molecule has 0 heterocycles. The lowest BCUT2D eigenvalue weighted by molar-refractivity contribution is -0.144. The van der Waals surface area contributed by atoms with Crippen molar-refractivity contribution in [3.05, 3.63) is 24.3 Å². The highest BCUT2D eigenvalue weighted by Gasteiger charge is 2.12. The van der Waals surface area contributed by atoms with E-state index in [0.717, 1.165) is 12.8 Å². The van der Waals surface area contributed by atoms with Gasteiger partial charge in [0, 0.05) is 12.8 Å². The van der Waals surface area contributed by atoms with Crippen LogP contribution in [-0.2, 0) is 14.3 Å². The molecular weight excluding hydrogens is 380 g/mol. The van der Waals surface area contributed by atoms with E-state index in [4.69, 9.17) is 14.2 Å². The van der Waals surface area contributed by atoms with Crippen LogP contribution in [0.4, 0.5) is 0 Å². The van der Waals surface area contributed by atoms with Gasteiger partial charge in [-0.05, 0) is 38.8 Å². The number of hydrogen-bond donors (Lipinski definition) is 0. The number of esters is 2. The maximum atomic E-state index is 12.0. The number of unbranched alkanes of at least 4 members (excludes halogenated alkanes) is 8. The van der Waals surface area contributed by atoms with Crippen LogP contribution < -0.4 is 9.47 Å². The van der Waals surface area contributed by atoms with Crippen LogP contribution in [0.3, 0.4) is 0 Å². The molecule has 1 rings (SSSR count). The Morgan fingerprint density at radius 2 is 1.33 bits per heavy atom. The van der Waals surface area contributed by atoms with E-state index in [1.54, 1.807) is 18.2 Å². The Kier molecular flexibility index (Phi) is 14.5. The average molecular weight is 421 g/mol. The van der Waals surface area contributed by atoms with Gasteiger partial charge in [0.25, 0.3) is 0 Å². The van der Waals surface area contributed by atoms with Gasteiger partial charge in [-0.25, -0.2) is 0 Å². The summed E-state index contributed by atoms with van der Waals surface area (Å²) < 4.78 is 16.3. The number of para-hydroxylation sites is 2. The van der Waals surface area contributed by atoms with Crippen molar-refractivity contribution in [3.63, 3.8) is 0 Å². The van der Waals surface area contributed by atoms with E-state index in [1.165, 1.54) is 44.9 Å². The van der Waals surface area contributed by atoms with Gasteiger partial charge < -0.3 is 14.2 Å². The molecule has 0 aliphatic heterocycles. The van der Waals surface area contributed by atoms with Crippen molar-refractivity contribution in [3.8, 4) is 11.5 Å². The van der Waals surface area contributed by atoms with Gasteiger partial charge in [-0.15, -0.1) is 0 Å². The van der Waals surface area contributed by atoms with Gasteiger partial charge in [-0.2, -0.15) is 0 Å². The van der Waals surface area contributed by atoms with Crippen LogP contribution in [0.1, 0.15) is 97.8 Å². The van der Waals surface area contributed by atoms with Gasteiger partial charge >= 0.3 is 11.9 Å². The summed E-state index contributed by atoms with van der Waals surface area (Å²) in [6.45, 7) is 6.53. The first-order chi connectivity index (χ1) is 14.5. The predicted molar refractivity (Wildman–Crippen MR) is 120 cm³/mol. The molecule has 1 aromatic carbocycles. The minimum absolute atomic E-state index is 0.00887. The zero-order valence-electron chi connectivity index (χ0n) is 19.1. The zero-order valence-corrected chi connectivity index (χ0v) is 19.1. The van der Waals surface area contributed by atoms with Gasteiger partial charge in [0.05, 0.1) is 12.7 Å². The second kappa shape index (κ2) is 16.7. The lowest BCUT2D eigenvalue weighted by atomic mass is 10.1. The SMILES string of the molecule is CCCCCCCCCCCOC(=O)CCCC(=O)Oc1ccccc1OC(C)C. The summed E-state index contributed by atoms with van der Waals surface area (Å²) >= 11 is 0. The van der Waals surface area contributed by atoms with Crippen LogP contribution in [0.2, 0.25) is 0 Å². The van der Waals surface area contributed by atoms with Crippen LogP contribution in [0.25, 0.3) is 0 Å². The molecule has 0 radical (unpaired) electrons. The molecule has 5 heteroatoms. The molecule has 170 valence electrons. The molecule has 0 aliphatic carbocycles. The van der Waals surface area contributed by atoms with Crippen molar-refractivity contribution in [1.82, 2.24) is 0 Å². The Morgan fingerprint density at radius 1 is 0.767 bits per heavy atom. The molecule has 0 amide bonds. The van der Waals surface area contributed by atoms with Crippen molar-refractivity contribution in [2.75, 3.05) is 6.61 Å². The van der Waals surface area contributed by atoms with E-state index in [9.17, 15) is 9.59 Å². The second-order valence-electron chi connectivity index (χ2n) is 7.99. The highest BCUT2D eigenvalue weighted by molar-refractivity contribution is 5.74. The Bertz CT molecular complexity index is 597. The van der Waals surface area contributed by atoms with Crippen LogP contribution in [0, 0.1) is 0 Å². The Balaban J connectivity index is 2.07. The highest BCUT2D eigenvalue weighted by atomic mass is 16.6. The van der Waals surface area contributed by atoms with Crippen LogP contribution in [0.5, 0.6) is 11.5 Å². The van der Waals surface area contributed by atoms with E-state index in [2.05, 4.69) is 6.92 Å². The third-order valence-corrected chi connectivity index (χ3v) is 4.71. The fourth-order valence-corrected chi connectivity index (χ4v) is 3.11. The third kappa shape index (κ3) is 13.2. The normalized spacial score (nSPS) is 10.8. The molecule has 0 saturated carbocycles. The summed E-state index contributed by atoms with van der Waals surface area (Å²) in [7, 11) is 0. The molecule has 0 aliphatic rings. The van der Waals surface area contributed by atoms with Crippen LogP contribution in [-0.4, -0.2) is 24.6 Å². The summed E-state index contributed by atoms with van der Waals surface area (Å²) in [5.74, 6) is 0.331. The van der Waals surface area contributed by atoms with E-state index in [-0.39, 0.29) is 30.9 Å². The molecule has 0 unspecified atom stereocenters. The molecular formula is C25H40O5. The van der Waals surface area contributed by atoms with Crippen molar-refractivity contribution >= 4 is 11.9 Å². The monoisotopic (exact) mass is 420 g/mol. The van der Waals surface area contributed by atoms with Crippen LogP contribution >= 0.6 is 0 Å². The van der Waals surface area contributed by atoms with Crippen molar-refractivity contribution < 1.29 is 23.8 Å². The topological polar surface area (TPSA) is 61.8 Å². The maximum Gasteiger partial charge on any atom is 0.311 e. The fraction of sp³-hybridized carbons (Fsp3) is 0.680. The summed E-state index contributed by atoms with van der Waals surface area (Å²) in [5, 5.41) is 0. The number of rotatable bonds is 17. The highest BCUT2D eigenvalue weighted by Crippen LogP contribution is 2.27. The first-order valence-electron chi connectivity index (χ1n) is 11.6. The van der Waals surface area contributed by atoms with Gasteiger partial charge in [-0.3, -0.25) is 9.59 Å². The number of carbonyl (C=O) groups is 2. The summed E-state index contributed by atoms with van der Waals surface area (Å²) in [5.41, 5.74) is 0. The molecule has 0 N–H and O–H groups in total. The summed E-state index contributed by atoms with van der Waals surface area (Å²) in [6.07, 6.45) is 11.9. The number of carbonyl (C=O) groups excluding carboxylic acids is 2. The summed E-state index contributed by atoms with van der Waals surface area (Å²) in [4.78, 5) is 23.8. The fourth-order valence-electron chi connectivity index (χ4n) is 3.11. The maximum absolute atomic E-state index is 12.0. The minimum Gasteiger partial charge on any atom is -0.487 e. The molecule has 1 aromatic rings. The minimum atomic E-state index is -0.374. The lowest BCUT2D eigenvalue weighted by Gasteiger charge is -2.13. The Hall–Kier alpha value is -2.04. The number of benzene rings is 1. The smallest absolute Gasteiger partial charge is 0.311 e. The molecule has 0 aromatic heterocycles. The third-order valence-electron chi connectivity index (χ3n) is 4.71. The number of ether oxygens (including phenoxy) is 3. The average Bonchev–Trinajstić information content (AvgIpc) is 2.70. The quantitative estimate of drug-likeness (QED) is 0.161. The largest absolute Gasteiger partial charge is 0.487 e. The second-order valence-corrected chi connectivity index (χ2v) is 7.99. The lowest BCUT2D eigenvalue weighted by Crippen LogP contribution is -2.12. The van der Waals surface area contributed by atoms with Crippen LogP contribution in [0.15, 0.2) is 24.3 Å². The van der Waals surface area contributed by atoms with E-state index >= 15 is 0 Å². The zero-order chi connectivity index (χ0) is 22.0. The Labute approximate surface area is 182 Å². The molecule has 0 spiro atoms. The van der Waals surface area contributed by atoms with Gasteiger partial charge in [0.1, 0.15) is 0 Å². The van der Waals surface area contributed by atoms with Crippen molar-refractivity contribution in [2.45, 2.75) is 104 Å². The molecule has 30 heavy (non-hydrogen) atoms. The molecule has 0 saturated heterocycles. The Morgan fingerprint density at radius 3 is 1.97 bits per heavy atom. The van der Waals surface area contributed by atoms with Gasteiger partial charge in [0.15, 0.2) is 11.5 Å². The van der Waals surface area contributed by atoms with E-state index in [0.29, 0.717) is 24.5 Å². The molecule has 0 fully saturated rings. The molecule has 0 bridgehead atoms. The molecule has 5 nitrogen and oxygen atoms in total. The number of hydrogen-bond acceptors (Lipinski definition) is 5. The van der Waals surface area contributed by atoms with E-state index in [1.807, 2.05) is 19.9 Å². The van der Waals surface area contributed by atoms with Gasteiger partial charge in [0.2, 0.25) is 0 Å². The molecule has 0 atom stereocenters. The summed E-state index contributed by atoms with van der Waals surface area (Å²) in [6, 6.07) is 7.10. The van der Waals surface area contributed by atoms with E-state index < -0.39 is 0 Å². The van der Waals surface area contributed by atoms with Crippen molar-refractivity contribution in [1.29, 1.82) is 0 Å². The predicted octanol–water partition coefficient (Wildman–Crippen LogP) is 6.62. The first kappa shape index (κ1) is 26.0.